The minimum atomic E-state index is -0.699. The number of Topliss-reactive ketones (excluding diaryl/α,β-unsaturated/α-hetero) is 1. The summed E-state index contributed by atoms with van der Waals surface area (Å²) in [5, 5.41) is 2.76. The summed E-state index contributed by atoms with van der Waals surface area (Å²) in [5.74, 6) is -1.27. The van der Waals surface area contributed by atoms with E-state index in [2.05, 4.69) is 5.32 Å². The summed E-state index contributed by atoms with van der Waals surface area (Å²) in [5.41, 5.74) is -0.557. The van der Waals surface area contributed by atoms with Crippen LogP contribution < -0.4 is 5.32 Å². The fourth-order valence-corrected chi connectivity index (χ4v) is 2.27. The van der Waals surface area contributed by atoms with Gasteiger partial charge in [0.25, 0.3) is 0 Å². The molecule has 6 heteroatoms. The summed E-state index contributed by atoms with van der Waals surface area (Å²) in [6, 6.07) is -0.150. The number of ketones is 1. The molecule has 0 spiro atoms. The molecule has 1 fully saturated rings. The van der Waals surface area contributed by atoms with E-state index in [0.29, 0.717) is 19.3 Å². The molecule has 1 aliphatic carbocycles. The second-order valence-corrected chi connectivity index (χ2v) is 6.23. The highest BCUT2D eigenvalue weighted by atomic mass is 16.6. The Balaban J connectivity index is 2.53. The summed E-state index contributed by atoms with van der Waals surface area (Å²) in [4.78, 5) is 35.4. The molecular weight excluding hydrogens is 274 g/mol. The zero-order valence-corrected chi connectivity index (χ0v) is 13.2. The first-order chi connectivity index (χ1) is 9.73. The average Bonchev–Trinajstić information content (AvgIpc) is 2.50. The molecule has 120 valence electrons. The van der Waals surface area contributed by atoms with Crippen LogP contribution in [0.2, 0.25) is 0 Å². The van der Waals surface area contributed by atoms with E-state index in [0.717, 1.165) is 0 Å². The van der Waals surface area contributed by atoms with Crippen LogP contribution in [0.4, 0.5) is 4.79 Å². The number of nitrogens with one attached hydrogen (secondary N) is 1. The van der Waals surface area contributed by atoms with E-state index in [9.17, 15) is 14.4 Å². The Labute approximate surface area is 125 Å². The Kier molecular flexibility index (Phi) is 6.18. The van der Waals surface area contributed by atoms with Crippen LogP contribution in [0.5, 0.6) is 0 Å². The van der Waals surface area contributed by atoms with Crippen molar-refractivity contribution in [3.05, 3.63) is 0 Å². The van der Waals surface area contributed by atoms with Gasteiger partial charge in [-0.05, 0) is 47.0 Å². The fraction of sp³-hybridized carbons (Fsp3) is 0.800. The lowest BCUT2D eigenvalue weighted by Crippen LogP contribution is -2.39. The summed E-state index contributed by atoms with van der Waals surface area (Å²) in [6.07, 6.45) is 1.26. The first-order valence-corrected chi connectivity index (χ1v) is 7.41. The van der Waals surface area contributed by atoms with Gasteiger partial charge in [0.2, 0.25) is 0 Å². The molecule has 1 rings (SSSR count). The lowest BCUT2D eigenvalue weighted by Gasteiger charge is -2.22. The fourth-order valence-electron chi connectivity index (χ4n) is 2.27. The van der Waals surface area contributed by atoms with Crippen molar-refractivity contribution in [2.75, 3.05) is 6.61 Å². The van der Waals surface area contributed by atoms with Gasteiger partial charge in [-0.15, -0.1) is 0 Å². The van der Waals surface area contributed by atoms with Crippen molar-refractivity contribution in [1.82, 2.24) is 5.32 Å². The minimum absolute atomic E-state index is 0.109. The second kappa shape index (κ2) is 7.43. The van der Waals surface area contributed by atoms with Crippen LogP contribution in [0.1, 0.15) is 53.4 Å². The maximum Gasteiger partial charge on any atom is 0.407 e. The van der Waals surface area contributed by atoms with E-state index in [1.807, 2.05) is 0 Å². The van der Waals surface area contributed by atoms with E-state index >= 15 is 0 Å². The van der Waals surface area contributed by atoms with Crippen molar-refractivity contribution >= 4 is 17.8 Å². The number of hydrogen-bond donors (Lipinski definition) is 1. The van der Waals surface area contributed by atoms with Crippen LogP contribution >= 0.6 is 0 Å². The molecule has 1 N–H and O–H groups in total. The lowest BCUT2D eigenvalue weighted by molar-refractivity contribution is -0.151. The summed E-state index contributed by atoms with van der Waals surface area (Å²) in [6.45, 7) is 7.36. The van der Waals surface area contributed by atoms with Crippen molar-refractivity contribution in [3.63, 3.8) is 0 Å². The standard InChI is InChI=1S/C15H25NO5/c1-5-20-13(18)11-8-6-10(7-9-12(11)17)16-14(19)21-15(2,3)4/h10-11H,5-9H2,1-4H3,(H,16,19). The van der Waals surface area contributed by atoms with Gasteiger partial charge in [0, 0.05) is 12.5 Å². The first-order valence-electron chi connectivity index (χ1n) is 7.41. The van der Waals surface area contributed by atoms with Crippen molar-refractivity contribution < 1.29 is 23.9 Å². The number of rotatable bonds is 3. The molecule has 0 aromatic rings. The van der Waals surface area contributed by atoms with Crippen molar-refractivity contribution in [1.29, 1.82) is 0 Å². The van der Waals surface area contributed by atoms with E-state index in [1.54, 1.807) is 27.7 Å². The van der Waals surface area contributed by atoms with Crippen LogP contribution in [0.25, 0.3) is 0 Å². The van der Waals surface area contributed by atoms with Gasteiger partial charge in [0.05, 0.1) is 6.61 Å². The molecule has 0 heterocycles. The molecule has 1 aliphatic rings. The third-order valence-electron chi connectivity index (χ3n) is 3.22. The van der Waals surface area contributed by atoms with Gasteiger partial charge < -0.3 is 14.8 Å². The molecule has 2 unspecified atom stereocenters. The Morgan fingerprint density at radius 1 is 1.24 bits per heavy atom. The van der Waals surface area contributed by atoms with Crippen LogP contribution in [0, 0.1) is 5.92 Å². The van der Waals surface area contributed by atoms with Gasteiger partial charge in [-0.1, -0.05) is 0 Å². The van der Waals surface area contributed by atoms with E-state index < -0.39 is 23.6 Å². The zero-order chi connectivity index (χ0) is 16.0. The van der Waals surface area contributed by atoms with Gasteiger partial charge in [-0.25, -0.2) is 4.79 Å². The predicted octanol–water partition coefficient (Wildman–Crippen LogP) is 2.20. The predicted molar refractivity (Wildman–Crippen MR) is 76.8 cm³/mol. The topological polar surface area (TPSA) is 81.7 Å². The van der Waals surface area contributed by atoms with Crippen LogP contribution in [-0.2, 0) is 19.1 Å². The van der Waals surface area contributed by atoms with Crippen LogP contribution in [0.15, 0.2) is 0 Å². The summed E-state index contributed by atoms with van der Waals surface area (Å²) < 4.78 is 10.1. The molecule has 0 aromatic carbocycles. The lowest BCUT2D eigenvalue weighted by atomic mass is 9.99. The third kappa shape index (κ3) is 6.14. The highest BCUT2D eigenvalue weighted by Crippen LogP contribution is 2.22. The molecule has 0 aliphatic heterocycles. The molecule has 6 nitrogen and oxygen atoms in total. The molecule has 0 aromatic heterocycles. The highest BCUT2D eigenvalue weighted by Gasteiger charge is 2.32. The quantitative estimate of drug-likeness (QED) is 0.491. The second-order valence-electron chi connectivity index (χ2n) is 6.23. The largest absolute Gasteiger partial charge is 0.465 e. The number of amides is 1. The van der Waals surface area contributed by atoms with Crippen LogP contribution in [0.3, 0.4) is 0 Å². The van der Waals surface area contributed by atoms with E-state index in [-0.39, 0.29) is 24.9 Å². The number of carbonyl (C=O) groups excluding carboxylic acids is 3. The minimum Gasteiger partial charge on any atom is -0.465 e. The smallest absolute Gasteiger partial charge is 0.407 e. The number of alkyl carbamates (subject to hydrolysis) is 1. The van der Waals surface area contributed by atoms with Gasteiger partial charge in [-0.3, -0.25) is 9.59 Å². The average molecular weight is 299 g/mol. The molecule has 0 bridgehead atoms. The normalized spacial score (nSPS) is 23.1. The maximum absolute atomic E-state index is 11.9. The van der Waals surface area contributed by atoms with Crippen molar-refractivity contribution in [2.45, 2.75) is 65.0 Å². The number of hydrogen-bond acceptors (Lipinski definition) is 5. The third-order valence-corrected chi connectivity index (χ3v) is 3.22. The molecule has 0 saturated heterocycles. The molecule has 1 amide bonds. The number of carbonyl (C=O) groups is 3. The Morgan fingerprint density at radius 2 is 1.90 bits per heavy atom. The summed E-state index contributed by atoms with van der Waals surface area (Å²) in [7, 11) is 0. The SMILES string of the molecule is CCOC(=O)C1CCC(NC(=O)OC(C)(C)C)CCC1=O. The van der Waals surface area contributed by atoms with Crippen LogP contribution in [-0.4, -0.2) is 36.1 Å². The first kappa shape index (κ1) is 17.5. The Morgan fingerprint density at radius 3 is 2.48 bits per heavy atom. The number of esters is 1. The molecule has 0 radical (unpaired) electrons. The van der Waals surface area contributed by atoms with Gasteiger partial charge in [-0.2, -0.15) is 0 Å². The van der Waals surface area contributed by atoms with Crippen molar-refractivity contribution in [2.24, 2.45) is 5.92 Å². The Hall–Kier alpha value is -1.59. The van der Waals surface area contributed by atoms with Crippen molar-refractivity contribution in [3.8, 4) is 0 Å². The summed E-state index contributed by atoms with van der Waals surface area (Å²) >= 11 is 0. The highest BCUT2D eigenvalue weighted by molar-refractivity contribution is 5.99. The molecule has 1 saturated carbocycles. The zero-order valence-electron chi connectivity index (χ0n) is 13.2. The Bertz CT molecular complexity index is 399. The van der Waals surface area contributed by atoms with Gasteiger partial charge in [0.15, 0.2) is 0 Å². The van der Waals surface area contributed by atoms with Gasteiger partial charge in [0.1, 0.15) is 17.3 Å². The molecule has 2 atom stereocenters. The molecule has 21 heavy (non-hydrogen) atoms. The van der Waals surface area contributed by atoms with E-state index in [1.165, 1.54) is 0 Å². The number of ether oxygens (including phenoxy) is 2. The van der Waals surface area contributed by atoms with Gasteiger partial charge >= 0.3 is 12.1 Å². The maximum atomic E-state index is 11.9. The van der Waals surface area contributed by atoms with E-state index in [4.69, 9.17) is 9.47 Å². The molecular formula is C15H25NO5. The monoisotopic (exact) mass is 299 g/mol.